The van der Waals surface area contributed by atoms with E-state index < -0.39 is 16.7 Å². The Morgan fingerprint density at radius 2 is 2.08 bits per heavy atom. The average Bonchev–Trinajstić information content (AvgIpc) is 2.43. The number of hydrogen-bond acceptors (Lipinski definition) is 4. The van der Waals surface area contributed by atoms with Crippen molar-refractivity contribution in [3.05, 3.63) is 39.9 Å². The van der Waals surface area contributed by atoms with Crippen LogP contribution >= 0.6 is 0 Å². The van der Waals surface area contributed by atoms with E-state index in [2.05, 4.69) is 10.4 Å². The Balaban J connectivity index is 2.88. The quantitative estimate of drug-likeness (QED) is 0.376. The molecule has 3 N–H and O–H groups in total. The molecule has 0 heterocycles. The molecule has 0 spiro atoms. The molecule has 0 saturated carbocycles. The van der Waals surface area contributed by atoms with Gasteiger partial charge in [0.2, 0.25) is 0 Å². The van der Waals surface area contributed by atoms with Crippen LogP contribution in [0.4, 0.5) is 10.5 Å². The van der Waals surface area contributed by atoms with Crippen LogP contribution in [0, 0.1) is 10.1 Å². The molecular weight excluding hydrogens is 314 g/mol. The summed E-state index contributed by atoms with van der Waals surface area (Å²) < 4.78 is 5.34. The van der Waals surface area contributed by atoms with Crippen LogP contribution in [0.5, 0.6) is 0 Å². The highest BCUT2D eigenvalue weighted by Gasteiger charge is 2.23. The van der Waals surface area contributed by atoms with Gasteiger partial charge in [0.15, 0.2) is 5.03 Å². The van der Waals surface area contributed by atoms with Crippen LogP contribution in [0.25, 0.3) is 0 Å². The van der Waals surface area contributed by atoms with Crippen molar-refractivity contribution in [1.29, 1.82) is 0 Å². The van der Waals surface area contributed by atoms with Gasteiger partial charge in [-0.25, -0.2) is 14.9 Å². The highest BCUT2D eigenvalue weighted by molar-refractivity contribution is 5.91. The number of hydrogen-bond donors (Lipinski definition) is 2. The number of ether oxygens (including phenoxy) is 1. The van der Waals surface area contributed by atoms with Crippen molar-refractivity contribution in [2.45, 2.75) is 39.3 Å². The minimum Gasteiger partial charge on any atom is -0.444 e. The van der Waals surface area contributed by atoms with Crippen molar-refractivity contribution in [3.8, 4) is 0 Å². The molecule has 0 saturated heterocycles. The number of guanidine groups is 1. The fraction of sp³-hybridized carbons (Fsp3) is 0.467. The van der Waals surface area contributed by atoms with E-state index in [1.54, 1.807) is 46.0 Å². The van der Waals surface area contributed by atoms with E-state index in [0.717, 1.165) is 5.56 Å². The number of benzene rings is 1. The SMILES string of the molecule is CC(c1cccc(NC(N)=N[N+](=O)[O-])c1)N(C)C(=O)OC(C)(C)C. The zero-order chi connectivity index (χ0) is 18.5. The minimum absolute atomic E-state index is 0.268. The fourth-order valence-corrected chi connectivity index (χ4v) is 1.85. The summed E-state index contributed by atoms with van der Waals surface area (Å²) in [5, 5.41) is 15.0. The number of nitrogens with two attached hydrogens (primary N) is 1. The Bertz CT molecular complexity index is 639. The lowest BCUT2D eigenvalue weighted by molar-refractivity contribution is -0.485. The summed E-state index contributed by atoms with van der Waals surface area (Å²) >= 11 is 0. The van der Waals surface area contributed by atoms with Crippen LogP contribution in [0.15, 0.2) is 29.4 Å². The summed E-state index contributed by atoms with van der Waals surface area (Å²) in [7, 11) is 1.64. The van der Waals surface area contributed by atoms with E-state index in [1.807, 2.05) is 13.0 Å². The molecule has 0 aliphatic heterocycles. The topological polar surface area (TPSA) is 123 Å². The second-order valence-electron chi connectivity index (χ2n) is 6.24. The molecule has 1 amide bonds. The van der Waals surface area contributed by atoms with Gasteiger partial charge in [0.1, 0.15) is 10.7 Å². The van der Waals surface area contributed by atoms with Crippen LogP contribution in [-0.2, 0) is 4.74 Å². The van der Waals surface area contributed by atoms with Gasteiger partial charge in [0.05, 0.1) is 6.04 Å². The number of rotatable bonds is 4. The predicted octanol–water partition coefficient (Wildman–Crippen LogP) is 2.53. The Morgan fingerprint density at radius 3 is 2.62 bits per heavy atom. The normalized spacial score (nSPS) is 13.1. The van der Waals surface area contributed by atoms with Gasteiger partial charge in [-0.05, 0) is 45.4 Å². The number of nitrogens with one attached hydrogen (secondary N) is 1. The number of amides is 1. The van der Waals surface area contributed by atoms with Crippen molar-refractivity contribution in [3.63, 3.8) is 0 Å². The van der Waals surface area contributed by atoms with Crippen molar-refractivity contribution in [2.75, 3.05) is 12.4 Å². The molecule has 9 nitrogen and oxygen atoms in total. The second kappa shape index (κ2) is 7.62. The van der Waals surface area contributed by atoms with Gasteiger partial charge in [0, 0.05) is 12.7 Å². The lowest BCUT2D eigenvalue weighted by Gasteiger charge is -2.29. The van der Waals surface area contributed by atoms with E-state index >= 15 is 0 Å². The predicted molar refractivity (Wildman–Crippen MR) is 91.1 cm³/mol. The molecule has 0 aromatic heterocycles. The van der Waals surface area contributed by atoms with E-state index in [1.165, 1.54) is 4.90 Å². The van der Waals surface area contributed by atoms with Crippen molar-refractivity contribution >= 4 is 17.7 Å². The molecule has 1 unspecified atom stereocenters. The monoisotopic (exact) mass is 337 g/mol. The lowest BCUT2D eigenvalue weighted by atomic mass is 10.1. The fourth-order valence-electron chi connectivity index (χ4n) is 1.85. The zero-order valence-electron chi connectivity index (χ0n) is 14.4. The van der Waals surface area contributed by atoms with Gasteiger partial charge in [-0.15, -0.1) is 0 Å². The van der Waals surface area contributed by atoms with Crippen LogP contribution < -0.4 is 11.1 Å². The molecule has 1 aromatic rings. The van der Waals surface area contributed by atoms with E-state index in [-0.39, 0.29) is 12.0 Å². The third kappa shape index (κ3) is 6.11. The van der Waals surface area contributed by atoms with Gasteiger partial charge in [-0.3, -0.25) is 0 Å². The Labute approximate surface area is 140 Å². The molecule has 132 valence electrons. The maximum Gasteiger partial charge on any atom is 0.410 e. The van der Waals surface area contributed by atoms with Crippen LogP contribution in [0.2, 0.25) is 0 Å². The third-order valence-corrected chi connectivity index (χ3v) is 3.09. The standard InChI is InChI=1S/C15H23N5O4/c1-10(19(5)14(21)24-15(2,3)4)11-7-6-8-12(9-11)17-13(16)18-20(22)23/h6-10H,1-5H3,(H3,16,17,18). The molecule has 24 heavy (non-hydrogen) atoms. The Morgan fingerprint density at radius 1 is 1.46 bits per heavy atom. The first-order valence-electron chi connectivity index (χ1n) is 7.31. The summed E-state index contributed by atoms with van der Waals surface area (Å²) in [6.07, 6.45) is -0.442. The van der Waals surface area contributed by atoms with Crippen molar-refractivity contribution < 1.29 is 14.6 Å². The number of nitro groups is 1. The van der Waals surface area contributed by atoms with Gasteiger partial charge in [-0.1, -0.05) is 12.1 Å². The molecule has 1 rings (SSSR count). The molecule has 0 radical (unpaired) electrons. The smallest absolute Gasteiger partial charge is 0.410 e. The summed E-state index contributed by atoms with van der Waals surface area (Å²) in [5.41, 5.74) is 6.18. The number of hydrazone groups is 1. The highest BCUT2D eigenvalue weighted by atomic mass is 16.7. The zero-order valence-corrected chi connectivity index (χ0v) is 14.4. The number of anilines is 1. The van der Waals surface area contributed by atoms with E-state index in [9.17, 15) is 14.9 Å². The molecular formula is C15H23N5O4. The molecule has 0 bridgehead atoms. The molecule has 1 atom stereocenters. The maximum atomic E-state index is 12.1. The molecule has 9 heteroatoms. The molecule has 0 aliphatic rings. The second-order valence-corrected chi connectivity index (χ2v) is 6.24. The first-order chi connectivity index (χ1) is 11.0. The van der Waals surface area contributed by atoms with Gasteiger partial charge in [0.25, 0.3) is 5.96 Å². The third-order valence-electron chi connectivity index (χ3n) is 3.09. The Kier molecular flexibility index (Phi) is 6.10. The molecule has 0 aliphatic carbocycles. The summed E-state index contributed by atoms with van der Waals surface area (Å²) in [4.78, 5) is 23.9. The largest absolute Gasteiger partial charge is 0.444 e. The lowest BCUT2D eigenvalue weighted by Crippen LogP contribution is -2.35. The van der Waals surface area contributed by atoms with Crippen LogP contribution in [0.1, 0.15) is 39.3 Å². The van der Waals surface area contributed by atoms with Gasteiger partial charge < -0.3 is 20.7 Å². The minimum atomic E-state index is -0.884. The van der Waals surface area contributed by atoms with E-state index in [0.29, 0.717) is 5.69 Å². The van der Waals surface area contributed by atoms with Crippen molar-refractivity contribution in [2.24, 2.45) is 10.8 Å². The van der Waals surface area contributed by atoms with Crippen LogP contribution in [0.3, 0.4) is 0 Å². The number of carbonyl (C=O) groups is 1. The number of carbonyl (C=O) groups excluding carboxylic acids is 1. The number of nitrogens with zero attached hydrogens (tertiary/aromatic N) is 3. The first kappa shape index (κ1) is 19.2. The molecule has 1 aromatic carbocycles. The molecule has 0 fully saturated rings. The van der Waals surface area contributed by atoms with Crippen LogP contribution in [-0.4, -0.2) is 34.6 Å². The van der Waals surface area contributed by atoms with Gasteiger partial charge in [-0.2, -0.15) is 0 Å². The summed E-state index contributed by atoms with van der Waals surface area (Å²) in [6.45, 7) is 7.24. The average molecular weight is 337 g/mol. The summed E-state index contributed by atoms with van der Waals surface area (Å²) in [6, 6.07) is 6.73. The van der Waals surface area contributed by atoms with Gasteiger partial charge >= 0.3 is 6.09 Å². The summed E-state index contributed by atoms with van der Waals surface area (Å²) in [5.74, 6) is -0.328. The first-order valence-corrected chi connectivity index (χ1v) is 7.31. The maximum absolute atomic E-state index is 12.1. The van der Waals surface area contributed by atoms with Crippen molar-refractivity contribution in [1.82, 2.24) is 4.90 Å². The highest BCUT2D eigenvalue weighted by Crippen LogP contribution is 2.23. The Hall–Kier alpha value is -2.84. The van der Waals surface area contributed by atoms with E-state index in [4.69, 9.17) is 10.5 Å².